The minimum atomic E-state index is 0.448. The van der Waals surface area contributed by atoms with Crippen LogP contribution in [0.3, 0.4) is 0 Å². The number of hydrogen-bond donors (Lipinski definition) is 2. The van der Waals surface area contributed by atoms with Crippen LogP contribution in [-0.2, 0) is 6.42 Å². The van der Waals surface area contributed by atoms with Crippen LogP contribution >= 0.6 is 15.9 Å². The lowest BCUT2D eigenvalue weighted by Crippen LogP contribution is -1.91. The number of hydrogen-bond acceptors (Lipinski definition) is 3. The van der Waals surface area contributed by atoms with Crippen molar-refractivity contribution in [3.8, 4) is 17.0 Å². The number of nitrogen functional groups attached to an aromatic ring is 1. The second-order valence-electron chi connectivity index (χ2n) is 3.69. The Labute approximate surface area is 108 Å². The maximum atomic E-state index is 5.71. The summed E-state index contributed by atoms with van der Waals surface area (Å²) in [6.45, 7) is 2.11. The van der Waals surface area contributed by atoms with Gasteiger partial charge in [-0.15, -0.1) is 0 Å². The van der Waals surface area contributed by atoms with Crippen LogP contribution in [0, 0.1) is 0 Å². The first-order valence-corrected chi connectivity index (χ1v) is 6.13. The molecule has 0 unspecified atom stereocenters. The quantitative estimate of drug-likeness (QED) is 0.915. The van der Waals surface area contributed by atoms with Crippen LogP contribution in [0.25, 0.3) is 11.3 Å². The summed E-state index contributed by atoms with van der Waals surface area (Å²) < 4.78 is 6.12. The molecule has 2 rings (SSSR count). The van der Waals surface area contributed by atoms with E-state index in [-0.39, 0.29) is 0 Å². The molecule has 1 aromatic carbocycles. The SMILES string of the molecule is CCc1ccc(OC)c(-c2[nH]nc(N)c2Br)c1. The summed E-state index contributed by atoms with van der Waals surface area (Å²) in [4.78, 5) is 0. The molecule has 90 valence electrons. The van der Waals surface area contributed by atoms with Gasteiger partial charge in [0.15, 0.2) is 5.82 Å². The van der Waals surface area contributed by atoms with E-state index in [0.29, 0.717) is 5.82 Å². The molecule has 0 saturated carbocycles. The number of aromatic amines is 1. The number of methoxy groups -OCH3 is 1. The molecule has 0 bridgehead atoms. The van der Waals surface area contributed by atoms with Gasteiger partial charge in [0.2, 0.25) is 0 Å². The van der Waals surface area contributed by atoms with Gasteiger partial charge >= 0.3 is 0 Å². The van der Waals surface area contributed by atoms with Crippen molar-refractivity contribution in [2.24, 2.45) is 0 Å². The third-order valence-corrected chi connectivity index (χ3v) is 3.48. The first kappa shape index (κ1) is 12.0. The number of nitrogens with zero attached hydrogens (tertiary/aromatic N) is 1. The highest BCUT2D eigenvalue weighted by Crippen LogP contribution is 2.36. The standard InChI is InChI=1S/C12H14BrN3O/c1-3-7-4-5-9(17-2)8(6-7)11-10(13)12(14)16-15-11/h4-6H,3H2,1-2H3,(H3,14,15,16). The molecular formula is C12H14BrN3O. The Balaban J connectivity index is 2.60. The number of aromatic nitrogens is 2. The van der Waals surface area contributed by atoms with Crippen LogP contribution in [0.15, 0.2) is 22.7 Å². The lowest BCUT2D eigenvalue weighted by atomic mass is 10.1. The van der Waals surface area contributed by atoms with E-state index in [2.05, 4.69) is 45.2 Å². The first-order valence-electron chi connectivity index (χ1n) is 5.34. The summed E-state index contributed by atoms with van der Waals surface area (Å²) in [6.07, 6.45) is 0.970. The Hall–Kier alpha value is -1.49. The summed E-state index contributed by atoms with van der Waals surface area (Å²) in [6, 6.07) is 6.09. The van der Waals surface area contributed by atoms with Crippen LogP contribution in [0.2, 0.25) is 0 Å². The Morgan fingerprint density at radius 3 is 2.76 bits per heavy atom. The van der Waals surface area contributed by atoms with Gasteiger partial charge in [0.25, 0.3) is 0 Å². The number of benzene rings is 1. The molecule has 2 aromatic rings. The monoisotopic (exact) mass is 295 g/mol. The molecule has 0 aliphatic carbocycles. The van der Waals surface area contributed by atoms with Gasteiger partial charge in [-0.2, -0.15) is 5.10 Å². The normalized spacial score (nSPS) is 10.5. The van der Waals surface area contributed by atoms with E-state index >= 15 is 0 Å². The Kier molecular flexibility index (Phi) is 3.38. The molecule has 5 heteroatoms. The summed E-state index contributed by atoms with van der Waals surface area (Å²) in [5.41, 5.74) is 8.75. The fourth-order valence-electron chi connectivity index (χ4n) is 1.69. The van der Waals surface area contributed by atoms with Crippen molar-refractivity contribution in [1.82, 2.24) is 10.2 Å². The minimum Gasteiger partial charge on any atom is -0.496 e. The number of aryl methyl sites for hydroxylation is 1. The molecule has 1 heterocycles. The highest BCUT2D eigenvalue weighted by Gasteiger charge is 2.14. The van der Waals surface area contributed by atoms with Gasteiger partial charge in [-0.1, -0.05) is 13.0 Å². The van der Waals surface area contributed by atoms with E-state index in [4.69, 9.17) is 10.5 Å². The maximum Gasteiger partial charge on any atom is 0.160 e. The zero-order chi connectivity index (χ0) is 12.4. The third-order valence-electron chi connectivity index (χ3n) is 2.67. The van der Waals surface area contributed by atoms with Crippen molar-refractivity contribution in [3.63, 3.8) is 0 Å². The van der Waals surface area contributed by atoms with Gasteiger partial charge < -0.3 is 10.5 Å². The number of nitrogens with one attached hydrogen (secondary N) is 1. The highest BCUT2D eigenvalue weighted by molar-refractivity contribution is 9.10. The second-order valence-corrected chi connectivity index (χ2v) is 4.48. The minimum absolute atomic E-state index is 0.448. The lowest BCUT2D eigenvalue weighted by molar-refractivity contribution is 0.416. The fraction of sp³-hybridized carbons (Fsp3) is 0.250. The number of nitrogens with two attached hydrogens (primary N) is 1. The summed E-state index contributed by atoms with van der Waals surface area (Å²) in [5, 5.41) is 6.89. The maximum absolute atomic E-state index is 5.71. The van der Waals surface area contributed by atoms with Crippen LogP contribution in [0.5, 0.6) is 5.75 Å². The average molecular weight is 296 g/mol. The zero-order valence-electron chi connectivity index (χ0n) is 9.75. The van der Waals surface area contributed by atoms with E-state index in [1.807, 2.05) is 6.07 Å². The number of ether oxygens (including phenoxy) is 1. The molecule has 0 amide bonds. The van der Waals surface area contributed by atoms with Crippen molar-refractivity contribution < 1.29 is 4.74 Å². The number of H-pyrrole nitrogens is 1. The third kappa shape index (κ3) is 2.15. The molecular weight excluding hydrogens is 282 g/mol. The van der Waals surface area contributed by atoms with Gasteiger partial charge in [-0.25, -0.2) is 0 Å². The Bertz CT molecular complexity index is 537. The van der Waals surface area contributed by atoms with Crippen molar-refractivity contribution in [3.05, 3.63) is 28.2 Å². The first-order chi connectivity index (χ1) is 8.17. The molecule has 0 saturated heterocycles. The molecule has 0 radical (unpaired) electrons. The predicted octanol–water partition coefficient (Wildman–Crippen LogP) is 2.99. The number of anilines is 1. The number of rotatable bonds is 3. The van der Waals surface area contributed by atoms with Gasteiger partial charge in [0.1, 0.15) is 5.75 Å². The highest BCUT2D eigenvalue weighted by atomic mass is 79.9. The molecule has 0 fully saturated rings. The van der Waals surface area contributed by atoms with Gasteiger partial charge in [-0.3, -0.25) is 5.10 Å². The van der Waals surface area contributed by atoms with E-state index in [1.165, 1.54) is 5.56 Å². The zero-order valence-corrected chi connectivity index (χ0v) is 11.3. The summed E-state index contributed by atoms with van der Waals surface area (Å²) in [5.74, 6) is 1.25. The molecule has 17 heavy (non-hydrogen) atoms. The summed E-state index contributed by atoms with van der Waals surface area (Å²) >= 11 is 3.42. The van der Waals surface area contributed by atoms with E-state index in [1.54, 1.807) is 7.11 Å². The smallest absolute Gasteiger partial charge is 0.160 e. The number of halogens is 1. The molecule has 0 atom stereocenters. The average Bonchev–Trinajstić information content (AvgIpc) is 2.69. The molecule has 1 aromatic heterocycles. The van der Waals surface area contributed by atoms with Crippen LogP contribution in [0.1, 0.15) is 12.5 Å². The van der Waals surface area contributed by atoms with Crippen molar-refractivity contribution in [2.45, 2.75) is 13.3 Å². The van der Waals surface area contributed by atoms with Gasteiger partial charge in [0, 0.05) is 5.56 Å². The van der Waals surface area contributed by atoms with Crippen molar-refractivity contribution in [2.75, 3.05) is 12.8 Å². The van der Waals surface area contributed by atoms with E-state index in [9.17, 15) is 0 Å². The van der Waals surface area contributed by atoms with Gasteiger partial charge in [-0.05, 0) is 40.0 Å². The molecule has 0 spiro atoms. The molecule has 0 aliphatic heterocycles. The van der Waals surface area contributed by atoms with E-state index in [0.717, 1.165) is 27.9 Å². The Morgan fingerprint density at radius 2 is 2.24 bits per heavy atom. The van der Waals surface area contributed by atoms with E-state index < -0.39 is 0 Å². The van der Waals surface area contributed by atoms with Crippen LogP contribution in [-0.4, -0.2) is 17.3 Å². The topological polar surface area (TPSA) is 63.9 Å². The van der Waals surface area contributed by atoms with Crippen molar-refractivity contribution in [1.29, 1.82) is 0 Å². The van der Waals surface area contributed by atoms with Crippen LogP contribution in [0.4, 0.5) is 5.82 Å². The second kappa shape index (κ2) is 4.79. The largest absolute Gasteiger partial charge is 0.496 e. The molecule has 3 N–H and O–H groups in total. The predicted molar refractivity (Wildman–Crippen MR) is 72.1 cm³/mol. The molecule has 0 aliphatic rings. The Morgan fingerprint density at radius 1 is 1.47 bits per heavy atom. The van der Waals surface area contributed by atoms with Gasteiger partial charge in [0.05, 0.1) is 17.3 Å². The lowest BCUT2D eigenvalue weighted by Gasteiger charge is -2.09. The van der Waals surface area contributed by atoms with Crippen molar-refractivity contribution >= 4 is 21.7 Å². The van der Waals surface area contributed by atoms with Crippen LogP contribution < -0.4 is 10.5 Å². The molecule has 4 nitrogen and oxygen atoms in total. The fourth-order valence-corrected chi connectivity index (χ4v) is 2.08. The summed E-state index contributed by atoms with van der Waals surface area (Å²) in [7, 11) is 1.65.